The monoisotopic (exact) mass is 600 g/mol. The number of hydrogen-bond acceptors (Lipinski definition) is 7. The van der Waals surface area contributed by atoms with E-state index in [1.165, 1.54) is 17.7 Å². The molecule has 1 fully saturated rings. The fraction of sp³-hybridized carbons (Fsp3) is 0.214. The normalized spacial score (nSPS) is 17.3. The second kappa shape index (κ2) is 9.65. The van der Waals surface area contributed by atoms with Gasteiger partial charge in [-0.15, -0.1) is 13.2 Å². The van der Waals surface area contributed by atoms with E-state index in [4.69, 9.17) is 20.9 Å². The SMILES string of the molecule is COc1ccc2c(-n3c(=O)n(Cc4cc([C@@]5(C)CC(=O)NC5=O)ccc4Cl)c4ccc(OC(F)(F)F)cc43)noc2c1. The molecule has 0 spiro atoms. The van der Waals surface area contributed by atoms with Gasteiger partial charge in [0, 0.05) is 23.6 Å². The van der Waals surface area contributed by atoms with Gasteiger partial charge in [-0.05, 0) is 48.4 Å². The van der Waals surface area contributed by atoms with E-state index in [1.807, 2.05) is 0 Å². The molecule has 0 bridgehead atoms. The van der Waals surface area contributed by atoms with Crippen LogP contribution in [-0.4, -0.2) is 39.6 Å². The minimum absolute atomic E-state index is 0.0408. The van der Waals surface area contributed by atoms with Crippen LogP contribution in [0.4, 0.5) is 13.2 Å². The fourth-order valence-corrected chi connectivity index (χ4v) is 5.31. The van der Waals surface area contributed by atoms with E-state index >= 15 is 0 Å². The van der Waals surface area contributed by atoms with E-state index in [0.29, 0.717) is 22.3 Å². The number of alkyl halides is 3. The highest BCUT2D eigenvalue weighted by Gasteiger charge is 2.44. The fourth-order valence-electron chi connectivity index (χ4n) is 5.14. The van der Waals surface area contributed by atoms with Crippen LogP contribution in [0.1, 0.15) is 24.5 Å². The number of imidazole rings is 1. The summed E-state index contributed by atoms with van der Waals surface area (Å²) in [5.41, 5.74) is -0.239. The second-order valence-corrected chi connectivity index (χ2v) is 10.4. The molecule has 1 saturated heterocycles. The van der Waals surface area contributed by atoms with Crippen molar-refractivity contribution < 1.29 is 36.8 Å². The van der Waals surface area contributed by atoms with E-state index in [0.717, 1.165) is 16.7 Å². The number of hydrogen-bond donors (Lipinski definition) is 1. The number of carbonyl (C=O) groups is 2. The van der Waals surface area contributed by atoms with Crippen molar-refractivity contribution in [2.45, 2.75) is 31.7 Å². The van der Waals surface area contributed by atoms with Crippen LogP contribution >= 0.6 is 11.6 Å². The summed E-state index contributed by atoms with van der Waals surface area (Å²) < 4.78 is 56.3. The van der Waals surface area contributed by atoms with Crippen molar-refractivity contribution in [2.24, 2.45) is 0 Å². The Hall–Kier alpha value is -4.78. The molecule has 10 nitrogen and oxygen atoms in total. The van der Waals surface area contributed by atoms with Crippen LogP contribution in [0.3, 0.4) is 0 Å². The summed E-state index contributed by atoms with van der Waals surface area (Å²) in [5, 5.41) is 7.02. The van der Waals surface area contributed by atoms with Gasteiger partial charge in [-0.2, -0.15) is 0 Å². The Labute approximate surface area is 239 Å². The number of carbonyl (C=O) groups excluding carboxylic acids is 2. The topological polar surface area (TPSA) is 118 Å². The summed E-state index contributed by atoms with van der Waals surface area (Å²) in [6.45, 7) is 1.51. The van der Waals surface area contributed by atoms with Gasteiger partial charge in [-0.25, -0.2) is 9.36 Å². The lowest BCUT2D eigenvalue weighted by Gasteiger charge is -2.21. The van der Waals surface area contributed by atoms with Gasteiger partial charge in [-0.1, -0.05) is 28.9 Å². The first kappa shape index (κ1) is 27.4. The summed E-state index contributed by atoms with van der Waals surface area (Å²) in [5.74, 6) is -0.894. The lowest BCUT2D eigenvalue weighted by molar-refractivity contribution is -0.274. The molecule has 6 rings (SSSR count). The highest BCUT2D eigenvalue weighted by Crippen LogP contribution is 2.35. The van der Waals surface area contributed by atoms with E-state index in [1.54, 1.807) is 43.3 Å². The number of nitrogens with one attached hydrogen (secondary N) is 1. The van der Waals surface area contributed by atoms with E-state index in [2.05, 4.69) is 15.2 Å². The summed E-state index contributed by atoms with van der Waals surface area (Å²) in [6, 6.07) is 13.1. The lowest BCUT2D eigenvalue weighted by atomic mass is 9.80. The molecule has 0 saturated carbocycles. The number of aromatic nitrogens is 3. The van der Waals surface area contributed by atoms with E-state index < -0.39 is 35.0 Å². The smallest absolute Gasteiger partial charge is 0.497 e. The molecule has 216 valence electrons. The van der Waals surface area contributed by atoms with Crippen molar-refractivity contribution in [1.29, 1.82) is 0 Å². The quantitative estimate of drug-likeness (QED) is 0.277. The third-order valence-electron chi connectivity index (χ3n) is 7.29. The highest BCUT2D eigenvalue weighted by atomic mass is 35.5. The molecule has 5 aromatic rings. The lowest BCUT2D eigenvalue weighted by Crippen LogP contribution is -2.32. The van der Waals surface area contributed by atoms with Gasteiger partial charge in [0.25, 0.3) is 0 Å². The number of halogens is 4. The van der Waals surface area contributed by atoms with Gasteiger partial charge in [0.2, 0.25) is 11.8 Å². The Bertz CT molecular complexity index is 1980. The molecule has 1 aliphatic heterocycles. The molecule has 2 amide bonds. The van der Waals surface area contributed by atoms with Gasteiger partial charge in [0.1, 0.15) is 11.5 Å². The van der Waals surface area contributed by atoms with Crippen molar-refractivity contribution >= 4 is 45.4 Å². The maximum Gasteiger partial charge on any atom is 0.573 e. The maximum atomic E-state index is 14.0. The number of nitrogens with zero attached hydrogens (tertiary/aromatic N) is 3. The van der Waals surface area contributed by atoms with Crippen LogP contribution in [0, 0.1) is 0 Å². The van der Waals surface area contributed by atoms with Crippen LogP contribution in [0.5, 0.6) is 11.5 Å². The number of rotatable bonds is 6. The molecule has 14 heteroatoms. The Morgan fingerprint density at radius 3 is 2.50 bits per heavy atom. The molecule has 0 aliphatic carbocycles. The van der Waals surface area contributed by atoms with E-state index in [-0.39, 0.29) is 40.4 Å². The summed E-state index contributed by atoms with van der Waals surface area (Å²) in [4.78, 5) is 38.5. The first-order chi connectivity index (χ1) is 19.9. The third-order valence-corrected chi connectivity index (χ3v) is 7.65. The Kier molecular flexibility index (Phi) is 6.30. The molecule has 1 atom stereocenters. The van der Waals surface area contributed by atoms with Gasteiger partial charge in [0.05, 0.1) is 35.5 Å². The average molecular weight is 601 g/mol. The average Bonchev–Trinajstić information content (AvgIpc) is 3.54. The Morgan fingerprint density at radius 1 is 1.05 bits per heavy atom. The zero-order chi connectivity index (χ0) is 30.0. The maximum absolute atomic E-state index is 14.0. The van der Waals surface area contributed by atoms with Crippen molar-refractivity contribution in [2.75, 3.05) is 7.11 Å². The zero-order valence-electron chi connectivity index (χ0n) is 21.9. The van der Waals surface area contributed by atoms with Crippen molar-refractivity contribution in [1.82, 2.24) is 19.6 Å². The predicted octanol–water partition coefficient (Wildman–Crippen LogP) is 4.85. The van der Waals surface area contributed by atoms with Crippen LogP contribution in [-0.2, 0) is 21.5 Å². The molecular weight excluding hydrogens is 581 g/mol. The molecule has 0 radical (unpaired) electrons. The predicted molar refractivity (Wildman–Crippen MR) is 144 cm³/mol. The number of amides is 2. The third kappa shape index (κ3) is 4.55. The Morgan fingerprint density at radius 2 is 1.81 bits per heavy atom. The van der Waals surface area contributed by atoms with Crippen LogP contribution in [0.2, 0.25) is 5.02 Å². The zero-order valence-corrected chi connectivity index (χ0v) is 22.7. The minimum atomic E-state index is -4.96. The van der Waals surface area contributed by atoms with Gasteiger partial charge in [-0.3, -0.25) is 19.5 Å². The highest BCUT2D eigenvalue weighted by molar-refractivity contribution is 6.31. The minimum Gasteiger partial charge on any atom is -0.497 e. The standard InChI is InChI=1S/C28H20ClF3N4O6/c1-27(12-23(37)33-25(27)38)15-3-7-19(29)14(9-15)13-35-20-8-5-17(41-28(30,31)32)10-21(20)36(26(35)39)24-18-6-4-16(40-2)11-22(18)42-34-24/h3-11H,12-13H2,1-2H3,(H,33,37,38)/t27-/m1/s1. The first-order valence-corrected chi connectivity index (χ1v) is 12.8. The molecule has 42 heavy (non-hydrogen) atoms. The molecule has 2 aromatic heterocycles. The summed E-state index contributed by atoms with van der Waals surface area (Å²) in [7, 11) is 1.47. The van der Waals surface area contributed by atoms with Gasteiger partial charge in [0.15, 0.2) is 11.4 Å². The number of imide groups is 1. The molecule has 3 heterocycles. The second-order valence-electron chi connectivity index (χ2n) is 9.96. The molecular formula is C28H20ClF3N4O6. The van der Waals surface area contributed by atoms with Crippen LogP contribution < -0.4 is 20.5 Å². The molecule has 3 aromatic carbocycles. The van der Waals surface area contributed by atoms with Crippen LogP contribution in [0.25, 0.3) is 27.8 Å². The first-order valence-electron chi connectivity index (χ1n) is 12.5. The molecule has 0 unspecified atom stereocenters. The van der Waals surface area contributed by atoms with Crippen LogP contribution in [0.15, 0.2) is 63.9 Å². The number of methoxy groups -OCH3 is 1. The molecule has 1 N–H and O–H groups in total. The van der Waals surface area contributed by atoms with E-state index in [9.17, 15) is 27.6 Å². The number of ether oxygens (including phenoxy) is 2. The summed E-state index contributed by atoms with van der Waals surface area (Å²) in [6.07, 6.45) is -5.02. The van der Waals surface area contributed by atoms with Gasteiger partial charge >= 0.3 is 12.1 Å². The number of fused-ring (bicyclic) bond motifs is 2. The van der Waals surface area contributed by atoms with Gasteiger partial charge < -0.3 is 14.0 Å². The van der Waals surface area contributed by atoms with Crippen molar-refractivity contribution in [3.63, 3.8) is 0 Å². The largest absolute Gasteiger partial charge is 0.573 e. The van der Waals surface area contributed by atoms with Crippen molar-refractivity contribution in [3.05, 3.63) is 81.2 Å². The van der Waals surface area contributed by atoms with Crippen molar-refractivity contribution in [3.8, 4) is 17.3 Å². The number of benzene rings is 3. The summed E-state index contributed by atoms with van der Waals surface area (Å²) >= 11 is 6.50. The molecule has 1 aliphatic rings. The Balaban J connectivity index is 1.53.